The van der Waals surface area contributed by atoms with Gasteiger partial charge in [-0.15, -0.1) is 0 Å². The minimum Gasteiger partial charge on any atom is -0.344 e. The lowest BCUT2D eigenvalue weighted by atomic mass is 10.1. The van der Waals surface area contributed by atoms with Crippen molar-refractivity contribution in [1.82, 2.24) is 10.2 Å². The lowest BCUT2D eigenvalue weighted by Crippen LogP contribution is -2.47. The highest BCUT2D eigenvalue weighted by Gasteiger charge is 2.42. The van der Waals surface area contributed by atoms with Gasteiger partial charge in [0.05, 0.1) is 0 Å². The SMILES string of the molecule is CC1CC(=O)NC(C2CC2)C(=O)N1CCC1CC1. The molecule has 1 saturated heterocycles. The van der Waals surface area contributed by atoms with E-state index in [9.17, 15) is 9.59 Å². The zero-order valence-corrected chi connectivity index (χ0v) is 11.0. The zero-order chi connectivity index (χ0) is 12.7. The maximum absolute atomic E-state index is 12.5. The third kappa shape index (κ3) is 2.52. The fourth-order valence-electron chi connectivity index (χ4n) is 2.88. The van der Waals surface area contributed by atoms with Crippen LogP contribution in [0.4, 0.5) is 0 Å². The van der Waals surface area contributed by atoms with Gasteiger partial charge in [-0.3, -0.25) is 9.59 Å². The third-order valence-electron chi connectivity index (χ3n) is 4.45. The molecular weight excluding hydrogens is 228 g/mol. The zero-order valence-electron chi connectivity index (χ0n) is 11.0. The van der Waals surface area contributed by atoms with Crippen LogP contribution in [0.5, 0.6) is 0 Å². The minimum absolute atomic E-state index is 0.0432. The van der Waals surface area contributed by atoms with Gasteiger partial charge in [-0.05, 0) is 38.0 Å². The Kier molecular flexibility index (Phi) is 3.04. The number of amides is 2. The molecule has 0 aromatic rings. The fourth-order valence-corrected chi connectivity index (χ4v) is 2.88. The molecule has 0 aromatic carbocycles. The van der Waals surface area contributed by atoms with E-state index in [1.807, 2.05) is 11.8 Å². The second-order valence-electron chi connectivity index (χ2n) is 6.20. The van der Waals surface area contributed by atoms with Gasteiger partial charge in [-0.2, -0.15) is 0 Å². The van der Waals surface area contributed by atoms with Crippen molar-refractivity contribution in [3.05, 3.63) is 0 Å². The summed E-state index contributed by atoms with van der Waals surface area (Å²) in [7, 11) is 0. The number of hydrogen-bond acceptors (Lipinski definition) is 2. The van der Waals surface area contributed by atoms with Crippen molar-refractivity contribution in [3.8, 4) is 0 Å². The summed E-state index contributed by atoms with van der Waals surface area (Å²) in [5.41, 5.74) is 0. The van der Waals surface area contributed by atoms with Crippen molar-refractivity contribution in [2.24, 2.45) is 11.8 Å². The molecule has 2 atom stereocenters. The maximum Gasteiger partial charge on any atom is 0.245 e. The maximum atomic E-state index is 12.5. The summed E-state index contributed by atoms with van der Waals surface area (Å²) < 4.78 is 0. The van der Waals surface area contributed by atoms with Gasteiger partial charge in [0.25, 0.3) is 0 Å². The number of carbonyl (C=O) groups excluding carboxylic acids is 2. The highest BCUT2D eigenvalue weighted by atomic mass is 16.2. The van der Waals surface area contributed by atoms with Crippen molar-refractivity contribution >= 4 is 11.8 Å². The molecule has 0 aromatic heterocycles. The van der Waals surface area contributed by atoms with E-state index >= 15 is 0 Å². The van der Waals surface area contributed by atoms with Gasteiger partial charge in [-0.25, -0.2) is 0 Å². The summed E-state index contributed by atoms with van der Waals surface area (Å²) in [4.78, 5) is 26.3. The summed E-state index contributed by atoms with van der Waals surface area (Å²) >= 11 is 0. The Morgan fingerprint density at radius 2 is 1.94 bits per heavy atom. The monoisotopic (exact) mass is 250 g/mol. The topological polar surface area (TPSA) is 49.4 Å². The first-order valence-corrected chi connectivity index (χ1v) is 7.25. The van der Waals surface area contributed by atoms with Gasteiger partial charge in [0.1, 0.15) is 6.04 Å². The van der Waals surface area contributed by atoms with Crippen molar-refractivity contribution in [1.29, 1.82) is 0 Å². The fraction of sp³-hybridized carbons (Fsp3) is 0.857. The van der Waals surface area contributed by atoms with Crippen LogP contribution < -0.4 is 5.32 Å². The molecule has 3 rings (SSSR count). The van der Waals surface area contributed by atoms with E-state index in [4.69, 9.17) is 0 Å². The van der Waals surface area contributed by atoms with E-state index in [1.165, 1.54) is 12.8 Å². The molecule has 4 nitrogen and oxygen atoms in total. The lowest BCUT2D eigenvalue weighted by molar-refractivity contribution is -0.135. The van der Waals surface area contributed by atoms with Gasteiger partial charge >= 0.3 is 0 Å². The first-order chi connectivity index (χ1) is 8.65. The van der Waals surface area contributed by atoms with E-state index in [-0.39, 0.29) is 23.9 Å². The number of nitrogens with one attached hydrogen (secondary N) is 1. The molecule has 3 aliphatic rings. The van der Waals surface area contributed by atoms with Gasteiger partial charge in [0, 0.05) is 19.0 Å². The van der Waals surface area contributed by atoms with E-state index in [0.29, 0.717) is 12.3 Å². The summed E-state index contributed by atoms with van der Waals surface area (Å²) in [5, 5.41) is 2.92. The van der Waals surface area contributed by atoms with Crippen LogP contribution >= 0.6 is 0 Å². The summed E-state index contributed by atoms with van der Waals surface area (Å²) in [6, 6.07) is -0.179. The van der Waals surface area contributed by atoms with E-state index in [0.717, 1.165) is 31.7 Å². The Hall–Kier alpha value is -1.06. The number of hydrogen-bond donors (Lipinski definition) is 1. The Balaban J connectivity index is 1.70. The largest absolute Gasteiger partial charge is 0.344 e. The lowest BCUT2D eigenvalue weighted by Gasteiger charge is -2.28. The molecule has 100 valence electrons. The Labute approximate surface area is 108 Å². The Morgan fingerprint density at radius 1 is 1.22 bits per heavy atom. The highest BCUT2D eigenvalue weighted by Crippen LogP contribution is 2.36. The molecule has 2 unspecified atom stereocenters. The van der Waals surface area contributed by atoms with E-state index in [2.05, 4.69) is 5.32 Å². The van der Waals surface area contributed by atoms with Crippen molar-refractivity contribution in [3.63, 3.8) is 0 Å². The third-order valence-corrected chi connectivity index (χ3v) is 4.45. The van der Waals surface area contributed by atoms with Crippen LogP contribution in [0.2, 0.25) is 0 Å². The summed E-state index contributed by atoms with van der Waals surface area (Å²) in [6.45, 7) is 2.84. The predicted molar refractivity (Wildman–Crippen MR) is 67.8 cm³/mol. The van der Waals surface area contributed by atoms with Gasteiger partial charge in [0.15, 0.2) is 0 Å². The molecule has 2 amide bonds. The summed E-state index contributed by atoms with van der Waals surface area (Å²) in [6.07, 6.45) is 6.38. The van der Waals surface area contributed by atoms with Gasteiger partial charge < -0.3 is 10.2 Å². The predicted octanol–water partition coefficient (Wildman–Crippen LogP) is 1.30. The molecule has 1 N–H and O–H groups in total. The van der Waals surface area contributed by atoms with Crippen LogP contribution in [0.3, 0.4) is 0 Å². The number of rotatable bonds is 4. The van der Waals surface area contributed by atoms with Crippen molar-refractivity contribution in [2.45, 2.75) is 57.5 Å². The molecule has 0 spiro atoms. The molecule has 4 heteroatoms. The molecule has 2 aliphatic carbocycles. The van der Waals surface area contributed by atoms with Crippen molar-refractivity contribution < 1.29 is 9.59 Å². The Morgan fingerprint density at radius 3 is 2.56 bits per heavy atom. The average Bonchev–Trinajstić information content (AvgIpc) is 3.13. The standard InChI is InChI=1S/C14H22N2O2/c1-9-8-12(17)15-13(11-4-5-11)14(18)16(9)7-6-10-2-3-10/h9-11,13H,2-8H2,1H3,(H,15,17). The molecule has 1 heterocycles. The molecule has 1 aliphatic heterocycles. The van der Waals surface area contributed by atoms with E-state index in [1.54, 1.807) is 0 Å². The molecule has 3 fully saturated rings. The van der Waals surface area contributed by atoms with Crippen LogP contribution in [-0.2, 0) is 9.59 Å². The highest BCUT2D eigenvalue weighted by molar-refractivity contribution is 5.91. The summed E-state index contributed by atoms with van der Waals surface area (Å²) in [5.74, 6) is 1.43. The molecular formula is C14H22N2O2. The normalized spacial score (nSPS) is 33.3. The van der Waals surface area contributed by atoms with Crippen LogP contribution in [0, 0.1) is 11.8 Å². The minimum atomic E-state index is -0.235. The molecule has 0 radical (unpaired) electrons. The quantitative estimate of drug-likeness (QED) is 0.817. The number of carbonyl (C=O) groups is 2. The Bertz CT molecular complexity index is 361. The first-order valence-electron chi connectivity index (χ1n) is 7.25. The van der Waals surface area contributed by atoms with Crippen LogP contribution in [0.25, 0.3) is 0 Å². The average molecular weight is 250 g/mol. The van der Waals surface area contributed by atoms with Crippen molar-refractivity contribution in [2.75, 3.05) is 6.54 Å². The smallest absolute Gasteiger partial charge is 0.245 e. The second kappa shape index (κ2) is 4.56. The second-order valence-corrected chi connectivity index (χ2v) is 6.20. The van der Waals surface area contributed by atoms with E-state index < -0.39 is 0 Å². The van der Waals surface area contributed by atoms with Crippen LogP contribution in [-0.4, -0.2) is 35.3 Å². The van der Waals surface area contributed by atoms with Crippen LogP contribution in [0.15, 0.2) is 0 Å². The first kappa shape index (κ1) is 12.0. The molecule has 18 heavy (non-hydrogen) atoms. The molecule has 0 bridgehead atoms. The molecule has 2 saturated carbocycles. The van der Waals surface area contributed by atoms with Crippen LogP contribution in [0.1, 0.15) is 45.4 Å². The number of nitrogens with zero attached hydrogens (tertiary/aromatic N) is 1. The van der Waals surface area contributed by atoms with Gasteiger partial charge in [0.2, 0.25) is 11.8 Å². The van der Waals surface area contributed by atoms with Gasteiger partial charge in [-0.1, -0.05) is 12.8 Å².